The third-order valence-corrected chi connectivity index (χ3v) is 4.21. The highest BCUT2D eigenvalue weighted by Gasteiger charge is 2.46. The Kier molecular flexibility index (Phi) is 4.23. The van der Waals surface area contributed by atoms with Gasteiger partial charge in [-0.3, -0.25) is 4.79 Å². The molecule has 2 heterocycles. The zero-order chi connectivity index (χ0) is 14.8. The standard InChI is InChI=1S/C13H17F3N2O2/c14-13(15,16)10-1-5-18(6-2-10)11(19)12(9-17)3-7-20-8-4-12/h10H,1-8H2. The Labute approximate surface area is 115 Å². The molecule has 0 spiro atoms. The molecule has 0 unspecified atom stereocenters. The van der Waals surface area contributed by atoms with Crippen molar-refractivity contribution in [3.63, 3.8) is 0 Å². The molecular formula is C13H17F3N2O2. The summed E-state index contributed by atoms with van der Waals surface area (Å²) in [4.78, 5) is 13.8. The highest BCUT2D eigenvalue weighted by atomic mass is 19.4. The average molecular weight is 290 g/mol. The van der Waals surface area contributed by atoms with E-state index in [-0.39, 0.29) is 31.8 Å². The zero-order valence-electron chi connectivity index (χ0n) is 11.1. The van der Waals surface area contributed by atoms with Gasteiger partial charge in [-0.05, 0) is 25.7 Å². The summed E-state index contributed by atoms with van der Waals surface area (Å²) in [7, 11) is 0. The molecule has 2 rings (SSSR count). The van der Waals surface area contributed by atoms with Gasteiger partial charge in [-0.1, -0.05) is 0 Å². The number of hydrogen-bond acceptors (Lipinski definition) is 3. The van der Waals surface area contributed by atoms with Gasteiger partial charge in [0.25, 0.3) is 0 Å². The van der Waals surface area contributed by atoms with Crippen molar-refractivity contribution in [1.82, 2.24) is 4.90 Å². The lowest BCUT2D eigenvalue weighted by Gasteiger charge is -2.38. The van der Waals surface area contributed by atoms with Crippen molar-refractivity contribution in [3.05, 3.63) is 0 Å². The van der Waals surface area contributed by atoms with Gasteiger partial charge in [-0.2, -0.15) is 18.4 Å². The Morgan fingerprint density at radius 3 is 2.25 bits per heavy atom. The quantitative estimate of drug-likeness (QED) is 0.743. The number of amides is 1. The summed E-state index contributed by atoms with van der Waals surface area (Å²) in [6.07, 6.45) is -3.70. The average Bonchev–Trinajstić information content (AvgIpc) is 2.46. The van der Waals surface area contributed by atoms with Crippen molar-refractivity contribution < 1.29 is 22.7 Å². The number of likely N-dealkylation sites (tertiary alicyclic amines) is 1. The fourth-order valence-corrected chi connectivity index (χ4v) is 2.81. The summed E-state index contributed by atoms with van der Waals surface area (Å²) in [5.41, 5.74) is -1.11. The van der Waals surface area contributed by atoms with E-state index in [2.05, 4.69) is 6.07 Å². The molecule has 2 saturated heterocycles. The lowest BCUT2D eigenvalue weighted by molar-refractivity contribution is -0.187. The fourth-order valence-electron chi connectivity index (χ4n) is 2.81. The summed E-state index contributed by atoms with van der Waals surface area (Å²) < 4.78 is 42.9. The molecule has 112 valence electrons. The molecule has 2 aliphatic rings. The van der Waals surface area contributed by atoms with Crippen molar-refractivity contribution in [1.29, 1.82) is 5.26 Å². The number of piperidine rings is 1. The minimum Gasteiger partial charge on any atom is -0.381 e. The predicted octanol–water partition coefficient (Wildman–Crippen LogP) is 2.11. The first kappa shape index (κ1) is 15.1. The molecule has 0 saturated carbocycles. The molecule has 0 aromatic heterocycles. The smallest absolute Gasteiger partial charge is 0.381 e. The summed E-state index contributed by atoms with van der Waals surface area (Å²) in [5.74, 6) is -1.66. The van der Waals surface area contributed by atoms with Crippen LogP contribution in [0.25, 0.3) is 0 Å². The van der Waals surface area contributed by atoms with E-state index in [0.717, 1.165) is 0 Å². The minimum absolute atomic E-state index is 0.0761. The number of alkyl halides is 3. The van der Waals surface area contributed by atoms with Crippen LogP contribution in [0, 0.1) is 22.7 Å². The second-order valence-corrected chi connectivity index (χ2v) is 5.41. The number of carbonyl (C=O) groups is 1. The van der Waals surface area contributed by atoms with E-state index in [9.17, 15) is 23.2 Å². The third-order valence-electron chi connectivity index (χ3n) is 4.21. The Bertz CT molecular complexity index is 403. The Hall–Kier alpha value is -1.29. The van der Waals surface area contributed by atoms with Gasteiger partial charge in [-0.15, -0.1) is 0 Å². The molecular weight excluding hydrogens is 273 g/mol. The topological polar surface area (TPSA) is 53.3 Å². The molecule has 7 heteroatoms. The molecule has 0 radical (unpaired) electrons. The van der Waals surface area contributed by atoms with Gasteiger partial charge in [0.1, 0.15) is 5.41 Å². The van der Waals surface area contributed by atoms with Crippen LogP contribution in [-0.4, -0.2) is 43.3 Å². The van der Waals surface area contributed by atoms with Gasteiger partial charge >= 0.3 is 6.18 Å². The largest absolute Gasteiger partial charge is 0.391 e. The van der Waals surface area contributed by atoms with Crippen LogP contribution < -0.4 is 0 Å². The second kappa shape index (κ2) is 5.60. The van der Waals surface area contributed by atoms with Crippen LogP contribution in [0.3, 0.4) is 0 Å². The normalized spacial score (nSPS) is 24.2. The lowest BCUT2D eigenvalue weighted by Crippen LogP contribution is -2.50. The SMILES string of the molecule is N#CC1(C(=O)N2CCC(C(F)(F)F)CC2)CCOCC1. The van der Waals surface area contributed by atoms with Crippen LogP contribution in [0.2, 0.25) is 0 Å². The van der Waals surface area contributed by atoms with Crippen molar-refractivity contribution >= 4 is 5.91 Å². The summed E-state index contributed by atoms with van der Waals surface area (Å²) in [5, 5.41) is 9.29. The number of nitrogens with zero attached hydrogens (tertiary/aromatic N) is 2. The molecule has 1 amide bonds. The van der Waals surface area contributed by atoms with Gasteiger partial charge in [0.05, 0.1) is 12.0 Å². The molecule has 0 aromatic carbocycles. The summed E-state index contributed by atoms with van der Waals surface area (Å²) in [6.45, 7) is 0.844. The van der Waals surface area contributed by atoms with E-state index >= 15 is 0 Å². The van der Waals surface area contributed by atoms with Crippen molar-refractivity contribution in [2.24, 2.45) is 11.3 Å². The van der Waals surface area contributed by atoms with Gasteiger partial charge in [0.2, 0.25) is 5.91 Å². The lowest BCUT2D eigenvalue weighted by atomic mass is 9.79. The highest BCUT2D eigenvalue weighted by molar-refractivity contribution is 5.85. The van der Waals surface area contributed by atoms with Crippen LogP contribution in [0.4, 0.5) is 13.2 Å². The second-order valence-electron chi connectivity index (χ2n) is 5.41. The zero-order valence-corrected chi connectivity index (χ0v) is 11.1. The Morgan fingerprint density at radius 2 is 1.80 bits per heavy atom. The van der Waals surface area contributed by atoms with E-state index < -0.39 is 17.5 Å². The van der Waals surface area contributed by atoms with Crippen LogP contribution in [0.5, 0.6) is 0 Å². The van der Waals surface area contributed by atoms with Gasteiger partial charge < -0.3 is 9.64 Å². The van der Waals surface area contributed by atoms with Crippen LogP contribution in [0.15, 0.2) is 0 Å². The maximum atomic E-state index is 12.6. The molecule has 2 aliphatic heterocycles. The summed E-state index contributed by atoms with van der Waals surface area (Å²) in [6, 6.07) is 2.06. The number of halogens is 3. The Balaban J connectivity index is 1.99. The molecule has 0 N–H and O–H groups in total. The molecule has 20 heavy (non-hydrogen) atoms. The van der Waals surface area contributed by atoms with Crippen LogP contribution in [0.1, 0.15) is 25.7 Å². The van der Waals surface area contributed by atoms with E-state index in [4.69, 9.17) is 4.74 Å². The number of hydrogen-bond donors (Lipinski definition) is 0. The van der Waals surface area contributed by atoms with Crippen LogP contribution in [-0.2, 0) is 9.53 Å². The van der Waals surface area contributed by atoms with Crippen molar-refractivity contribution in [3.8, 4) is 6.07 Å². The fraction of sp³-hybridized carbons (Fsp3) is 0.846. The number of nitriles is 1. The highest BCUT2D eigenvalue weighted by Crippen LogP contribution is 2.37. The van der Waals surface area contributed by atoms with E-state index in [1.165, 1.54) is 4.90 Å². The molecule has 2 fully saturated rings. The maximum absolute atomic E-state index is 12.6. The maximum Gasteiger partial charge on any atom is 0.391 e. The van der Waals surface area contributed by atoms with Gasteiger partial charge in [-0.25, -0.2) is 0 Å². The van der Waals surface area contributed by atoms with E-state index in [1.807, 2.05) is 0 Å². The van der Waals surface area contributed by atoms with Crippen molar-refractivity contribution in [2.75, 3.05) is 26.3 Å². The molecule has 4 nitrogen and oxygen atoms in total. The molecule has 0 atom stereocenters. The first-order valence-electron chi connectivity index (χ1n) is 6.74. The molecule has 0 aliphatic carbocycles. The van der Waals surface area contributed by atoms with E-state index in [1.54, 1.807) is 0 Å². The summed E-state index contributed by atoms with van der Waals surface area (Å²) >= 11 is 0. The Morgan fingerprint density at radius 1 is 1.25 bits per heavy atom. The minimum atomic E-state index is -4.19. The predicted molar refractivity (Wildman–Crippen MR) is 63.5 cm³/mol. The van der Waals surface area contributed by atoms with Gasteiger partial charge in [0.15, 0.2) is 0 Å². The van der Waals surface area contributed by atoms with Gasteiger partial charge in [0, 0.05) is 26.3 Å². The van der Waals surface area contributed by atoms with E-state index in [0.29, 0.717) is 26.1 Å². The third kappa shape index (κ3) is 2.90. The number of rotatable bonds is 1. The number of ether oxygens (including phenoxy) is 1. The van der Waals surface area contributed by atoms with Crippen molar-refractivity contribution in [2.45, 2.75) is 31.9 Å². The number of carbonyl (C=O) groups excluding carboxylic acids is 1. The molecule has 0 aromatic rings. The first-order chi connectivity index (χ1) is 9.39. The monoisotopic (exact) mass is 290 g/mol. The van der Waals surface area contributed by atoms with Crippen LogP contribution >= 0.6 is 0 Å². The molecule has 0 bridgehead atoms. The first-order valence-corrected chi connectivity index (χ1v) is 6.74.